The monoisotopic (exact) mass is 312 g/mol. The van der Waals surface area contributed by atoms with Crippen LogP contribution in [-0.4, -0.2) is 24.0 Å². The highest BCUT2D eigenvalue weighted by Crippen LogP contribution is 2.25. The summed E-state index contributed by atoms with van der Waals surface area (Å²) in [6, 6.07) is 7.92. The SMILES string of the molecule is COc1ccc2nc(C)c(C(=O)N[C@H]3CCCC[C@H]3C)cc2c1. The number of amides is 1. The summed E-state index contributed by atoms with van der Waals surface area (Å²) in [5.41, 5.74) is 2.30. The molecule has 1 aromatic heterocycles. The van der Waals surface area contributed by atoms with Crippen LogP contribution in [0.5, 0.6) is 5.75 Å². The Kier molecular flexibility index (Phi) is 4.51. The van der Waals surface area contributed by atoms with Gasteiger partial charge in [0.05, 0.1) is 23.9 Å². The fraction of sp³-hybridized carbons (Fsp3) is 0.474. The van der Waals surface area contributed by atoms with Crippen molar-refractivity contribution in [1.29, 1.82) is 0 Å². The third-order valence-corrected chi connectivity index (χ3v) is 4.89. The molecule has 1 aliphatic rings. The minimum absolute atomic E-state index is 0.0153. The van der Waals surface area contributed by atoms with Crippen LogP contribution in [0.4, 0.5) is 0 Å². The van der Waals surface area contributed by atoms with E-state index in [4.69, 9.17) is 4.74 Å². The summed E-state index contributed by atoms with van der Waals surface area (Å²) >= 11 is 0. The average Bonchev–Trinajstić information content (AvgIpc) is 2.55. The number of nitrogens with zero attached hydrogens (tertiary/aromatic N) is 1. The van der Waals surface area contributed by atoms with Crippen molar-refractivity contribution in [3.63, 3.8) is 0 Å². The summed E-state index contributed by atoms with van der Waals surface area (Å²) in [5.74, 6) is 1.30. The Hall–Kier alpha value is -2.10. The molecule has 4 nitrogen and oxygen atoms in total. The Balaban J connectivity index is 1.88. The first-order chi connectivity index (χ1) is 11.1. The second kappa shape index (κ2) is 6.57. The van der Waals surface area contributed by atoms with Gasteiger partial charge in [-0.15, -0.1) is 0 Å². The molecule has 2 aromatic rings. The van der Waals surface area contributed by atoms with Crippen molar-refractivity contribution in [1.82, 2.24) is 10.3 Å². The Labute approximate surface area is 137 Å². The van der Waals surface area contributed by atoms with Gasteiger partial charge in [-0.1, -0.05) is 19.8 Å². The highest BCUT2D eigenvalue weighted by atomic mass is 16.5. The molecule has 0 unspecified atom stereocenters. The van der Waals surface area contributed by atoms with Crippen LogP contribution < -0.4 is 10.1 Å². The van der Waals surface area contributed by atoms with Gasteiger partial charge in [0.15, 0.2) is 0 Å². The number of methoxy groups -OCH3 is 1. The van der Waals surface area contributed by atoms with E-state index in [2.05, 4.69) is 17.2 Å². The van der Waals surface area contributed by atoms with Crippen LogP contribution in [0.3, 0.4) is 0 Å². The quantitative estimate of drug-likeness (QED) is 0.936. The molecule has 1 fully saturated rings. The highest BCUT2D eigenvalue weighted by Gasteiger charge is 2.24. The molecule has 0 bridgehead atoms. The number of carbonyl (C=O) groups is 1. The Morgan fingerprint density at radius 2 is 2.04 bits per heavy atom. The number of hydrogen-bond donors (Lipinski definition) is 1. The Morgan fingerprint density at radius 1 is 1.26 bits per heavy atom. The lowest BCUT2D eigenvalue weighted by atomic mass is 9.86. The minimum Gasteiger partial charge on any atom is -0.497 e. The van der Waals surface area contributed by atoms with E-state index in [9.17, 15) is 4.79 Å². The molecule has 0 aliphatic heterocycles. The zero-order chi connectivity index (χ0) is 16.4. The van der Waals surface area contributed by atoms with Crippen LogP contribution in [0.1, 0.15) is 48.7 Å². The van der Waals surface area contributed by atoms with E-state index in [0.717, 1.165) is 28.8 Å². The molecular weight excluding hydrogens is 288 g/mol. The maximum atomic E-state index is 12.7. The predicted molar refractivity (Wildman–Crippen MR) is 91.9 cm³/mol. The second-order valence-electron chi connectivity index (χ2n) is 6.52. The molecule has 1 N–H and O–H groups in total. The smallest absolute Gasteiger partial charge is 0.253 e. The molecule has 0 saturated heterocycles. The molecule has 4 heteroatoms. The zero-order valence-corrected chi connectivity index (χ0v) is 14.1. The molecule has 1 heterocycles. The predicted octanol–water partition coefficient (Wildman–Crippen LogP) is 3.86. The van der Waals surface area contributed by atoms with E-state index in [0.29, 0.717) is 11.5 Å². The van der Waals surface area contributed by atoms with Crippen LogP contribution in [0.15, 0.2) is 24.3 Å². The van der Waals surface area contributed by atoms with Gasteiger partial charge in [-0.05, 0) is 49.9 Å². The summed E-state index contributed by atoms with van der Waals surface area (Å²) in [4.78, 5) is 17.3. The molecular formula is C19H24N2O2. The van der Waals surface area contributed by atoms with Crippen LogP contribution in [-0.2, 0) is 0 Å². The summed E-state index contributed by atoms with van der Waals surface area (Å²) in [6.45, 7) is 4.11. The number of benzene rings is 1. The summed E-state index contributed by atoms with van der Waals surface area (Å²) in [7, 11) is 1.64. The molecule has 0 radical (unpaired) electrons. The van der Waals surface area contributed by atoms with Crippen LogP contribution >= 0.6 is 0 Å². The first-order valence-electron chi connectivity index (χ1n) is 8.34. The van der Waals surface area contributed by atoms with E-state index < -0.39 is 0 Å². The Bertz CT molecular complexity index is 727. The van der Waals surface area contributed by atoms with Crippen LogP contribution in [0.25, 0.3) is 10.9 Å². The van der Waals surface area contributed by atoms with E-state index in [1.807, 2.05) is 31.2 Å². The number of hydrogen-bond acceptors (Lipinski definition) is 3. The molecule has 1 aliphatic carbocycles. The number of aryl methyl sites for hydroxylation is 1. The number of aromatic nitrogens is 1. The van der Waals surface area contributed by atoms with Gasteiger partial charge in [0.2, 0.25) is 0 Å². The van der Waals surface area contributed by atoms with E-state index in [1.165, 1.54) is 19.3 Å². The van der Waals surface area contributed by atoms with Crippen molar-refractivity contribution >= 4 is 16.8 Å². The molecule has 0 spiro atoms. The lowest BCUT2D eigenvalue weighted by molar-refractivity contribution is 0.0909. The van der Waals surface area contributed by atoms with Gasteiger partial charge < -0.3 is 10.1 Å². The molecule has 2 atom stereocenters. The summed E-state index contributed by atoms with van der Waals surface area (Å²) in [6.07, 6.45) is 4.73. The van der Waals surface area contributed by atoms with Crippen molar-refractivity contribution < 1.29 is 9.53 Å². The maximum Gasteiger partial charge on any atom is 0.253 e. The standard InChI is InChI=1S/C19H24N2O2/c1-12-6-4-5-7-17(12)21-19(22)16-11-14-10-15(23-3)8-9-18(14)20-13(16)2/h8-12,17H,4-7H2,1-3H3,(H,21,22)/t12-,17+/m1/s1. The lowest BCUT2D eigenvalue weighted by Crippen LogP contribution is -2.41. The third-order valence-electron chi connectivity index (χ3n) is 4.89. The van der Waals surface area contributed by atoms with Gasteiger partial charge in [0, 0.05) is 11.4 Å². The topological polar surface area (TPSA) is 51.2 Å². The molecule has 1 aromatic carbocycles. The first kappa shape index (κ1) is 15.8. The largest absolute Gasteiger partial charge is 0.497 e. The third kappa shape index (κ3) is 3.31. The number of ether oxygens (including phenoxy) is 1. The number of fused-ring (bicyclic) bond motifs is 1. The van der Waals surface area contributed by atoms with Crippen molar-refractivity contribution in [2.24, 2.45) is 5.92 Å². The number of nitrogens with one attached hydrogen (secondary N) is 1. The number of pyridine rings is 1. The zero-order valence-electron chi connectivity index (χ0n) is 14.1. The fourth-order valence-electron chi connectivity index (χ4n) is 3.38. The second-order valence-corrected chi connectivity index (χ2v) is 6.52. The fourth-order valence-corrected chi connectivity index (χ4v) is 3.38. The van der Waals surface area contributed by atoms with Crippen molar-refractivity contribution in [2.75, 3.05) is 7.11 Å². The molecule has 3 rings (SSSR count). The van der Waals surface area contributed by atoms with Crippen LogP contribution in [0.2, 0.25) is 0 Å². The van der Waals surface area contributed by atoms with Gasteiger partial charge in [0.1, 0.15) is 5.75 Å². The lowest BCUT2D eigenvalue weighted by Gasteiger charge is -2.29. The van der Waals surface area contributed by atoms with Gasteiger partial charge in [0.25, 0.3) is 5.91 Å². The van der Waals surface area contributed by atoms with Crippen molar-refractivity contribution in [3.8, 4) is 5.75 Å². The van der Waals surface area contributed by atoms with Gasteiger partial charge in [-0.2, -0.15) is 0 Å². The van der Waals surface area contributed by atoms with Crippen LogP contribution in [0, 0.1) is 12.8 Å². The molecule has 23 heavy (non-hydrogen) atoms. The van der Waals surface area contributed by atoms with E-state index in [1.54, 1.807) is 7.11 Å². The first-order valence-corrected chi connectivity index (χ1v) is 8.34. The van der Waals surface area contributed by atoms with Gasteiger partial charge in [-0.25, -0.2) is 0 Å². The highest BCUT2D eigenvalue weighted by molar-refractivity contribution is 5.99. The van der Waals surface area contributed by atoms with Crippen molar-refractivity contribution in [2.45, 2.75) is 45.6 Å². The van der Waals surface area contributed by atoms with Crippen molar-refractivity contribution in [3.05, 3.63) is 35.5 Å². The summed E-state index contributed by atoms with van der Waals surface area (Å²) < 4.78 is 5.26. The average molecular weight is 312 g/mol. The van der Waals surface area contributed by atoms with Gasteiger partial charge >= 0.3 is 0 Å². The molecule has 122 valence electrons. The number of carbonyl (C=O) groups excluding carboxylic acids is 1. The summed E-state index contributed by atoms with van der Waals surface area (Å²) in [5, 5.41) is 4.14. The normalized spacial score (nSPS) is 21.2. The van der Waals surface area contributed by atoms with Gasteiger partial charge in [-0.3, -0.25) is 9.78 Å². The molecule has 1 saturated carbocycles. The Morgan fingerprint density at radius 3 is 2.78 bits per heavy atom. The van der Waals surface area contributed by atoms with E-state index in [-0.39, 0.29) is 11.9 Å². The minimum atomic E-state index is -0.0153. The van der Waals surface area contributed by atoms with E-state index >= 15 is 0 Å². The number of rotatable bonds is 3. The maximum absolute atomic E-state index is 12.7. The molecule has 1 amide bonds.